The average Bonchev–Trinajstić information content (AvgIpc) is 3.18. The normalized spacial score (nSPS) is 19.9. The zero-order valence-electron chi connectivity index (χ0n) is 16.0. The molecule has 1 unspecified atom stereocenters. The maximum atomic E-state index is 12.4. The van der Waals surface area contributed by atoms with Crippen LogP contribution >= 0.6 is 11.6 Å². The zero-order valence-corrected chi connectivity index (χ0v) is 16.7. The van der Waals surface area contributed by atoms with Crippen LogP contribution in [-0.2, 0) is 9.59 Å². The molecule has 3 rings (SSSR count). The van der Waals surface area contributed by atoms with Crippen LogP contribution in [0.15, 0.2) is 24.3 Å². The minimum Gasteiger partial charge on any atom is -0.348 e. The van der Waals surface area contributed by atoms with E-state index in [0.29, 0.717) is 18.1 Å². The second-order valence-corrected chi connectivity index (χ2v) is 7.86. The predicted octanol–water partition coefficient (Wildman–Crippen LogP) is 1.76. The molecule has 1 atom stereocenters. The van der Waals surface area contributed by atoms with E-state index in [1.807, 2.05) is 36.1 Å². The number of likely N-dealkylation sites (tertiary alicyclic amines) is 1. The van der Waals surface area contributed by atoms with Crippen molar-refractivity contribution in [1.29, 1.82) is 0 Å². The molecule has 2 amide bonds. The molecule has 0 aliphatic carbocycles. The van der Waals surface area contributed by atoms with Crippen LogP contribution < -0.4 is 5.32 Å². The smallest absolute Gasteiger partial charge is 0.236 e. The monoisotopic (exact) mass is 392 g/mol. The largest absolute Gasteiger partial charge is 0.348 e. The second-order valence-electron chi connectivity index (χ2n) is 7.45. The van der Waals surface area contributed by atoms with Crippen LogP contribution in [0.25, 0.3) is 0 Å². The first-order chi connectivity index (χ1) is 13.0. The number of carbonyl (C=O) groups is 2. The van der Waals surface area contributed by atoms with E-state index in [-0.39, 0.29) is 17.9 Å². The molecule has 2 saturated heterocycles. The van der Waals surface area contributed by atoms with Gasteiger partial charge in [0.05, 0.1) is 19.1 Å². The minimum absolute atomic E-state index is 0.00372. The Morgan fingerprint density at radius 2 is 1.59 bits per heavy atom. The summed E-state index contributed by atoms with van der Waals surface area (Å²) in [5, 5.41) is 3.69. The Bertz CT molecular complexity index is 655. The van der Waals surface area contributed by atoms with Gasteiger partial charge in [0.25, 0.3) is 0 Å². The first-order valence-electron chi connectivity index (χ1n) is 9.79. The van der Waals surface area contributed by atoms with Crippen LogP contribution in [-0.4, -0.2) is 78.9 Å². The van der Waals surface area contributed by atoms with Gasteiger partial charge in [-0.2, -0.15) is 0 Å². The summed E-state index contributed by atoms with van der Waals surface area (Å²) in [6, 6.07) is 7.46. The summed E-state index contributed by atoms with van der Waals surface area (Å²) >= 11 is 6.20. The van der Waals surface area contributed by atoms with Crippen molar-refractivity contribution in [2.75, 3.05) is 52.4 Å². The van der Waals surface area contributed by atoms with Crippen molar-refractivity contribution in [3.63, 3.8) is 0 Å². The number of nitrogens with zero attached hydrogens (tertiary/aromatic N) is 3. The molecule has 0 bridgehead atoms. The molecule has 0 spiro atoms. The summed E-state index contributed by atoms with van der Waals surface area (Å²) in [6.45, 7) is 7.90. The molecule has 0 radical (unpaired) electrons. The summed E-state index contributed by atoms with van der Waals surface area (Å²) in [4.78, 5) is 30.9. The molecule has 1 N–H and O–H groups in total. The lowest BCUT2D eigenvalue weighted by atomic mass is 10.1. The van der Waals surface area contributed by atoms with Gasteiger partial charge in [0.1, 0.15) is 0 Å². The van der Waals surface area contributed by atoms with Crippen molar-refractivity contribution < 1.29 is 9.59 Å². The van der Waals surface area contributed by atoms with E-state index in [0.717, 1.165) is 57.7 Å². The lowest BCUT2D eigenvalue weighted by Gasteiger charge is -2.34. The fourth-order valence-electron chi connectivity index (χ4n) is 3.76. The molecule has 2 aliphatic heterocycles. The van der Waals surface area contributed by atoms with Crippen molar-refractivity contribution in [2.24, 2.45) is 0 Å². The van der Waals surface area contributed by atoms with Gasteiger partial charge in [0, 0.05) is 44.3 Å². The van der Waals surface area contributed by atoms with Crippen LogP contribution in [0, 0.1) is 0 Å². The first-order valence-corrected chi connectivity index (χ1v) is 10.2. The van der Waals surface area contributed by atoms with E-state index in [2.05, 4.69) is 15.1 Å². The van der Waals surface area contributed by atoms with E-state index < -0.39 is 0 Å². The van der Waals surface area contributed by atoms with Crippen LogP contribution in [0.2, 0.25) is 5.02 Å². The molecule has 0 saturated carbocycles. The van der Waals surface area contributed by atoms with Crippen LogP contribution in [0.4, 0.5) is 0 Å². The molecule has 148 valence electrons. The van der Waals surface area contributed by atoms with Gasteiger partial charge >= 0.3 is 0 Å². The molecule has 1 aromatic carbocycles. The highest BCUT2D eigenvalue weighted by Gasteiger charge is 2.24. The Labute approximate surface area is 166 Å². The standard InChI is InChI=1S/C20H29ClN4O2/c1-16(17-6-2-3-7-18(17)21)22-19(26)14-23-10-12-24(13-11-23)15-20(27)25-8-4-5-9-25/h2-3,6-7,16H,4-5,8-15H2,1H3,(H,22,26). The highest BCUT2D eigenvalue weighted by atomic mass is 35.5. The van der Waals surface area contributed by atoms with Gasteiger partial charge in [0.15, 0.2) is 0 Å². The lowest BCUT2D eigenvalue weighted by Crippen LogP contribution is -2.51. The van der Waals surface area contributed by atoms with E-state index in [1.165, 1.54) is 0 Å². The van der Waals surface area contributed by atoms with Gasteiger partial charge in [0.2, 0.25) is 11.8 Å². The number of rotatable bonds is 6. The van der Waals surface area contributed by atoms with Crippen molar-refractivity contribution in [3.05, 3.63) is 34.9 Å². The highest BCUT2D eigenvalue weighted by molar-refractivity contribution is 6.31. The Balaban J connectivity index is 1.39. The number of halogens is 1. The number of nitrogens with one attached hydrogen (secondary N) is 1. The number of hydrogen-bond acceptors (Lipinski definition) is 4. The molecule has 2 heterocycles. The number of hydrogen-bond donors (Lipinski definition) is 1. The molecular weight excluding hydrogens is 364 g/mol. The third kappa shape index (κ3) is 5.67. The molecule has 6 nitrogen and oxygen atoms in total. The van der Waals surface area contributed by atoms with Crippen molar-refractivity contribution >= 4 is 23.4 Å². The summed E-state index contributed by atoms with van der Waals surface area (Å²) in [6.07, 6.45) is 2.25. The Kier molecular flexibility index (Phi) is 7.10. The van der Waals surface area contributed by atoms with Gasteiger partial charge < -0.3 is 10.2 Å². The average molecular weight is 393 g/mol. The number of carbonyl (C=O) groups excluding carboxylic acids is 2. The number of benzene rings is 1. The first kappa shape index (κ1) is 20.1. The van der Waals surface area contributed by atoms with Gasteiger partial charge in [-0.3, -0.25) is 19.4 Å². The molecule has 2 fully saturated rings. The van der Waals surface area contributed by atoms with Crippen molar-refractivity contribution in [1.82, 2.24) is 20.0 Å². The van der Waals surface area contributed by atoms with E-state index in [4.69, 9.17) is 11.6 Å². The quantitative estimate of drug-likeness (QED) is 0.801. The fourth-order valence-corrected chi connectivity index (χ4v) is 4.06. The van der Waals surface area contributed by atoms with Gasteiger partial charge in [-0.1, -0.05) is 29.8 Å². The van der Waals surface area contributed by atoms with E-state index in [9.17, 15) is 9.59 Å². The Morgan fingerprint density at radius 3 is 2.22 bits per heavy atom. The van der Waals surface area contributed by atoms with E-state index in [1.54, 1.807) is 0 Å². The Hall–Kier alpha value is -1.63. The third-order valence-electron chi connectivity index (χ3n) is 5.40. The van der Waals surface area contributed by atoms with Crippen LogP contribution in [0.3, 0.4) is 0 Å². The molecule has 1 aromatic rings. The summed E-state index contributed by atoms with van der Waals surface area (Å²) in [5.41, 5.74) is 0.928. The topological polar surface area (TPSA) is 55.9 Å². The molecule has 7 heteroatoms. The predicted molar refractivity (Wildman–Crippen MR) is 107 cm³/mol. The van der Waals surface area contributed by atoms with Crippen LogP contribution in [0.1, 0.15) is 31.4 Å². The van der Waals surface area contributed by atoms with Gasteiger partial charge in [-0.15, -0.1) is 0 Å². The maximum Gasteiger partial charge on any atom is 0.236 e. The molecule has 27 heavy (non-hydrogen) atoms. The summed E-state index contributed by atoms with van der Waals surface area (Å²) in [7, 11) is 0. The number of amides is 2. The SMILES string of the molecule is CC(NC(=O)CN1CCN(CC(=O)N2CCCC2)CC1)c1ccccc1Cl. The van der Waals surface area contributed by atoms with Crippen molar-refractivity contribution in [2.45, 2.75) is 25.8 Å². The molecular formula is C20H29ClN4O2. The van der Waals surface area contributed by atoms with Crippen LogP contribution in [0.5, 0.6) is 0 Å². The fraction of sp³-hybridized carbons (Fsp3) is 0.600. The molecule has 2 aliphatic rings. The summed E-state index contributed by atoms with van der Waals surface area (Å²) < 4.78 is 0. The van der Waals surface area contributed by atoms with Crippen molar-refractivity contribution in [3.8, 4) is 0 Å². The summed E-state index contributed by atoms with van der Waals surface area (Å²) in [5.74, 6) is 0.247. The zero-order chi connectivity index (χ0) is 19.2. The second kappa shape index (κ2) is 9.53. The van der Waals surface area contributed by atoms with Gasteiger partial charge in [-0.05, 0) is 31.4 Å². The third-order valence-corrected chi connectivity index (χ3v) is 5.74. The number of piperazine rings is 1. The Morgan fingerprint density at radius 1 is 1.00 bits per heavy atom. The van der Waals surface area contributed by atoms with E-state index >= 15 is 0 Å². The maximum absolute atomic E-state index is 12.4. The molecule has 0 aromatic heterocycles. The van der Waals surface area contributed by atoms with Gasteiger partial charge in [-0.25, -0.2) is 0 Å². The minimum atomic E-state index is -0.120. The lowest BCUT2D eigenvalue weighted by molar-refractivity contribution is -0.132. The highest BCUT2D eigenvalue weighted by Crippen LogP contribution is 2.22.